The highest BCUT2D eigenvalue weighted by molar-refractivity contribution is 5.95. The largest absolute Gasteiger partial charge is 0.488 e. The van der Waals surface area contributed by atoms with E-state index in [1.807, 2.05) is 0 Å². The number of carbonyl (C=O) groups excluding carboxylic acids is 2. The molecule has 2 amide bonds. The highest BCUT2D eigenvalue weighted by atomic mass is 19.4. The fourth-order valence-electron chi connectivity index (χ4n) is 3.12. The fraction of sp³-hybridized carbons (Fsp3) is 0.167. The van der Waals surface area contributed by atoms with E-state index in [0.717, 1.165) is 12.1 Å². The summed E-state index contributed by atoms with van der Waals surface area (Å²) in [6, 6.07) is 18.1. The topological polar surface area (TPSA) is 72.6 Å². The summed E-state index contributed by atoms with van der Waals surface area (Å²) in [6.45, 7) is 0.276. The van der Waals surface area contributed by atoms with Crippen LogP contribution in [0.2, 0.25) is 0 Å². The number of hydrogen-bond donors (Lipinski definition) is 1. The number of nitrogens with zero attached hydrogens (tertiary/aromatic N) is 1. The smallest absolute Gasteiger partial charge is 0.416 e. The number of amides is 2. The van der Waals surface area contributed by atoms with Gasteiger partial charge in [-0.15, -0.1) is 0 Å². The summed E-state index contributed by atoms with van der Waals surface area (Å²) >= 11 is 0. The van der Waals surface area contributed by atoms with Gasteiger partial charge in [-0.05, 0) is 47.5 Å². The summed E-state index contributed by atoms with van der Waals surface area (Å²) in [5.41, 5.74) is 6.57. The second kappa shape index (κ2) is 9.55. The van der Waals surface area contributed by atoms with Crippen LogP contribution in [0, 0.1) is 0 Å². The molecule has 5 nitrogen and oxygen atoms in total. The Hall–Kier alpha value is -3.81. The molecule has 0 heterocycles. The van der Waals surface area contributed by atoms with Crippen molar-refractivity contribution in [3.63, 3.8) is 0 Å². The maximum absolute atomic E-state index is 12.8. The Morgan fingerprint density at radius 1 is 0.938 bits per heavy atom. The van der Waals surface area contributed by atoms with Gasteiger partial charge in [0.25, 0.3) is 11.8 Å². The molecule has 0 unspecified atom stereocenters. The van der Waals surface area contributed by atoms with Crippen LogP contribution in [0.5, 0.6) is 5.75 Å². The summed E-state index contributed by atoms with van der Waals surface area (Å²) in [4.78, 5) is 25.7. The summed E-state index contributed by atoms with van der Waals surface area (Å²) in [5.74, 6) is -0.546. The molecule has 32 heavy (non-hydrogen) atoms. The van der Waals surface area contributed by atoms with Crippen LogP contribution in [0.3, 0.4) is 0 Å². The molecular formula is C24H21F3N2O3. The molecule has 3 aromatic carbocycles. The quantitative estimate of drug-likeness (QED) is 0.579. The lowest BCUT2D eigenvalue weighted by Crippen LogP contribution is -2.26. The zero-order valence-corrected chi connectivity index (χ0v) is 17.2. The number of benzene rings is 3. The highest BCUT2D eigenvalue weighted by Crippen LogP contribution is 2.29. The second-order valence-electron chi connectivity index (χ2n) is 7.21. The Balaban J connectivity index is 1.66. The maximum atomic E-state index is 12.8. The first-order valence-corrected chi connectivity index (χ1v) is 9.67. The second-order valence-corrected chi connectivity index (χ2v) is 7.21. The predicted molar refractivity (Wildman–Crippen MR) is 113 cm³/mol. The maximum Gasteiger partial charge on any atom is 0.416 e. The SMILES string of the molecule is CN(Cc1ccc(C(F)(F)F)cc1)C(=O)c1cccc(COc2ccccc2C(N)=O)c1. The zero-order chi connectivity index (χ0) is 23.3. The molecule has 3 aromatic rings. The average Bonchev–Trinajstić information content (AvgIpc) is 2.77. The fourth-order valence-corrected chi connectivity index (χ4v) is 3.12. The lowest BCUT2D eigenvalue weighted by molar-refractivity contribution is -0.137. The minimum atomic E-state index is -4.40. The molecule has 0 radical (unpaired) electrons. The Labute approximate surface area is 183 Å². The standard InChI is InChI=1S/C24H21F3N2O3/c1-29(14-16-9-11-19(12-10-16)24(25,26)27)23(31)18-6-4-5-17(13-18)15-32-21-8-3-2-7-20(21)22(28)30/h2-13H,14-15H2,1H3,(H2,28,30). The normalized spacial score (nSPS) is 11.1. The Morgan fingerprint density at radius 3 is 2.28 bits per heavy atom. The number of para-hydroxylation sites is 1. The van der Waals surface area contributed by atoms with Crippen molar-refractivity contribution in [3.8, 4) is 5.75 Å². The number of halogens is 3. The van der Waals surface area contributed by atoms with Gasteiger partial charge in [0.05, 0.1) is 11.1 Å². The molecule has 0 aliphatic heterocycles. The molecule has 0 aliphatic rings. The van der Waals surface area contributed by atoms with E-state index in [2.05, 4.69) is 0 Å². The van der Waals surface area contributed by atoms with Gasteiger partial charge in [0.1, 0.15) is 12.4 Å². The summed E-state index contributed by atoms with van der Waals surface area (Å²) < 4.78 is 43.8. The number of primary amides is 1. The van der Waals surface area contributed by atoms with Crippen LogP contribution in [0.4, 0.5) is 13.2 Å². The molecular weight excluding hydrogens is 421 g/mol. The third-order valence-electron chi connectivity index (χ3n) is 4.77. The molecule has 2 N–H and O–H groups in total. The molecule has 0 aliphatic carbocycles. The molecule has 0 fully saturated rings. The predicted octanol–water partition coefficient (Wildman–Crippen LogP) is 4.66. The van der Waals surface area contributed by atoms with E-state index in [4.69, 9.17) is 10.5 Å². The van der Waals surface area contributed by atoms with Gasteiger partial charge in [-0.1, -0.05) is 36.4 Å². The molecule has 0 atom stereocenters. The van der Waals surface area contributed by atoms with Gasteiger partial charge in [-0.25, -0.2) is 0 Å². The van der Waals surface area contributed by atoms with Gasteiger partial charge >= 0.3 is 6.18 Å². The van der Waals surface area contributed by atoms with E-state index in [1.54, 1.807) is 55.6 Å². The van der Waals surface area contributed by atoms with Crippen LogP contribution in [0.25, 0.3) is 0 Å². The molecule has 0 saturated carbocycles. The first-order valence-electron chi connectivity index (χ1n) is 9.67. The third-order valence-corrected chi connectivity index (χ3v) is 4.77. The number of rotatable bonds is 7. The van der Waals surface area contributed by atoms with Gasteiger partial charge in [0.15, 0.2) is 0 Å². The van der Waals surface area contributed by atoms with Crippen molar-refractivity contribution < 1.29 is 27.5 Å². The number of carbonyl (C=O) groups is 2. The molecule has 0 bridgehead atoms. The Kier molecular flexibility index (Phi) is 6.82. The van der Waals surface area contributed by atoms with E-state index in [9.17, 15) is 22.8 Å². The van der Waals surface area contributed by atoms with Crippen LogP contribution < -0.4 is 10.5 Å². The van der Waals surface area contributed by atoms with Crippen LogP contribution in [-0.2, 0) is 19.3 Å². The Bertz CT molecular complexity index is 1110. The monoisotopic (exact) mass is 442 g/mol. The zero-order valence-electron chi connectivity index (χ0n) is 17.2. The molecule has 3 rings (SSSR count). The van der Waals surface area contributed by atoms with E-state index >= 15 is 0 Å². The first kappa shape index (κ1) is 22.9. The number of alkyl halides is 3. The van der Waals surface area contributed by atoms with Gasteiger partial charge in [-0.2, -0.15) is 13.2 Å². The van der Waals surface area contributed by atoms with Gasteiger partial charge in [0.2, 0.25) is 0 Å². The summed E-state index contributed by atoms with van der Waals surface area (Å²) in [7, 11) is 1.58. The summed E-state index contributed by atoms with van der Waals surface area (Å²) in [6.07, 6.45) is -4.40. The van der Waals surface area contributed by atoms with Crippen molar-refractivity contribution in [3.05, 3.63) is 101 Å². The highest BCUT2D eigenvalue weighted by Gasteiger charge is 2.30. The van der Waals surface area contributed by atoms with Crippen LogP contribution in [0.15, 0.2) is 72.8 Å². The minimum Gasteiger partial charge on any atom is -0.488 e. The van der Waals surface area contributed by atoms with E-state index in [1.165, 1.54) is 17.0 Å². The van der Waals surface area contributed by atoms with Crippen molar-refractivity contribution in [2.45, 2.75) is 19.3 Å². The number of hydrogen-bond acceptors (Lipinski definition) is 3. The first-order chi connectivity index (χ1) is 15.1. The Morgan fingerprint density at radius 2 is 1.62 bits per heavy atom. The lowest BCUT2D eigenvalue weighted by atomic mass is 10.1. The molecule has 0 aromatic heterocycles. The van der Waals surface area contributed by atoms with Gasteiger partial charge in [0, 0.05) is 19.2 Å². The minimum absolute atomic E-state index is 0.119. The molecule has 0 spiro atoms. The van der Waals surface area contributed by atoms with Crippen molar-refractivity contribution in [1.82, 2.24) is 4.90 Å². The van der Waals surface area contributed by atoms with E-state index < -0.39 is 17.6 Å². The van der Waals surface area contributed by atoms with Crippen LogP contribution >= 0.6 is 0 Å². The van der Waals surface area contributed by atoms with E-state index in [-0.39, 0.29) is 24.6 Å². The van der Waals surface area contributed by atoms with Crippen molar-refractivity contribution in [2.75, 3.05) is 7.05 Å². The van der Waals surface area contributed by atoms with Crippen LogP contribution in [-0.4, -0.2) is 23.8 Å². The molecule has 8 heteroatoms. The number of ether oxygens (including phenoxy) is 1. The van der Waals surface area contributed by atoms with Crippen molar-refractivity contribution in [1.29, 1.82) is 0 Å². The van der Waals surface area contributed by atoms with Gasteiger partial charge in [-0.3, -0.25) is 9.59 Å². The molecule has 0 saturated heterocycles. The third kappa shape index (κ3) is 5.66. The number of nitrogens with two attached hydrogens (primary N) is 1. The average molecular weight is 442 g/mol. The lowest BCUT2D eigenvalue weighted by Gasteiger charge is -2.18. The van der Waals surface area contributed by atoms with E-state index in [0.29, 0.717) is 22.4 Å². The molecule has 166 valence electrons. The van der Waals surface area contributed by atoms with Crippen molar-refractivity contribution >= 4 is 11.8 Å². The van der Waals surface area contributed by atoms with Crippen molar-refractivity contribution in [2.24, 2.45) is 5.73 Å². The van der Waals surface area contributed by atoms with Crippen LogP contribution in [0.1, 0.15) is 37.4 Å². The van der Waals surface area contributed by atoms with Gasteiger partial charge < -0.3 is 15.4 Å². The summed E-state index contributed by atoms with van der Waals surface area (Å²) in [5, 5.41) is 0.